The first-order valence-corrected chi connectivity index (χ1v) is 8.78. The summed E-state index contributed by atoms with van der Waals surface area (Å²) in [6.07, 6.45) is 0.537. The van der Waals surface area contributed by atoms with Gasteiger partial charge in [-0.25, -0.2) is 0 Å². The van der Waals surface area contributed by atoms with Crippen molar-refractivity contribution >= 4 is 33.8 Å². The van der Waals surface area contributed by atoms with E-state index in [0.717, 1.165) is 29.0 Å². The van der Waals surface area contributed by atoms with E-state index in [1.165, 1.54) is 6.92 Å². The number of rotatable bonds is 6. The number of non-ortho nitro benzene ring substituents is 1. The van der Waals surface area contributed by atoms with Gasteiger partial charge in [-0.3, -0.25) is 30.3 Å². The highest BCUT2D eigenvalue weighted by atomic mass is 32.1. The predicted molar refractivity (Wildman–Crippen MR) is 102 cm³/mol. The molecule has 28 heavy (non-hydrogen) atoms. The zero-order valence-electron chi connectivity index (χ0n) is 14.5. The van der Waals surface area contributed by atoms with Crippen LogP contribution in [0.3, 0.4) is 0 Å². The van der Waals surface area contributed by atoms with Crippen LogP contribution >= 0.6 is 11.3 Å². The summed E-state index contributed by atoms with van der Waals surface area (Å²) in [7, 11) is 0. The van der Waals surface area contributed by atoms with Gasteiger partial charge in [-0.2, -0.15) is 0 Å². The van der Waals surface area contributed by atoms with Crippen LogP contribution in [0.5, 0.6) is 0 Å². The Balaban J connectivity index is 1.83. The van der Waals surface area contributed by atoms with Crippen molar-refractivity contribution in [2.75, 3.05) is 5.32 Å². The molecule has 0 spiro atoms. The molecule has 1 amide bonds. The summed E-state index contributed by atoms with van der Waals surface area (Å²) in [6, 6.07) is 11.4. The van der Waals surface area contributed by atoms with Gasteiger partial charge in [-0.15, -0.1) is 10.2 Å². The number of carbonyl (C=O) groups is 1. The van der Waals surface area contributed by atoms with E-state index in [0.29, 0.717) is 11.4 Å². The Morgan fingerprint density at radius 1 is 1.11 bits per heavy atom. The number of anilines is 1. The zero-order chi connectivity index (χ0) is 20.3. The van der Waals surface area contributed by atoms with Gasteiger partial charge in [0, 0.05) is 18.1 Å². The highest BCUT2D eigenvalue weighted by Crippen LogP contribution is 2.29. The van der Waals surface area contributed by atoms with Gasteiger partial charge in [0.05, 0.1) is 21.5 Å². The Bertz CT molecular complexity index is 1070. The van der Waals surface area contributed by atoms with Crippen LogP contribution in [-0.2, 0) is 6.42 Å². The van der Waals surface area contributed by atoms with Gasteiger partial charge in [-0.1, -0.05) is 41.7 Å². The molecule has 0 unspecified atom stereocenters. The van der Waals surface area contributed by atoms with Gasteiger partial charge in [-0.05, 0) is 12.5 Å². The number of amides is 1. The molecule has 0 saturated heterocycles. The minimum absolute atomic E-state index is 0.0297. The fourth-order valence-corrected chi connectivity index (χ4v) is 3.29. The molecule has 1 heterocycles. The number of nitro groups is 2. The van der Waals surface area contributed by atoms with Crippen LogP contribution in [-0.4, -0.2) is 26.0 Å². The van der Waals surface area contributed by atoms with Gasteiger partial charge in [0.1, 0.15) is 5.01 Å². The van der Waals surface area contributed by atoms with Gasteiger partial charge >= 0.3 is 0 Å². The van der Waals surface area contributed by atoms with Crippen LogP contribution in [0.15, 0.2) is 42.5 Å². The second-order valence-electron chi connectivity index (χ2n) is 5.77. The SMILES string of the molecule is Cc1c(C(=O)Nc2nnc(Cc3ccccc3)s2)cc([N+](=O)[O-])cc1[N+](=O)[O-]. The standard InChI is InChI=1S/C17H13N5O5S/c1-10-13(8-12(21(24)25)9-14(10)22(26)27)16(23)18-17-20-19-15(28-17)7-11-5-3-2-4-6-11/h2-6,8-9H,7H2,1H3,(H,18,20,23). The third kappa shape index (κ3) is 4.15. The molecule has 0 aliphatic carbocycles. The van der Waals surface area contributed by atoms with Crippen molar-refractivity contribution in [2.24, 2.45) is 0 Å². The maximum Gasteiger partial charge on any atom is 0.279 e. The van der Waals surface area contributed by atoms with E-state index < -0.39 is 27.1 Å². The second-order valence-corrected chi connectivity index (χ2v) is 6.83. The fourth-order valence-electron chi connectivity index (χ4n) is 2.53. The first kappa shape index (κ1) is 19.0. The molecular weight excluding hydrogens is 386 g/mol. The molecule has 0 atom stereocenters. The van der Waals surface area contributed by atoms with E-state index in [-0.39, 0.29) is 16.3 Å². The summed E-state index contributed by atoms with van der Waals surface area (Å²) < 4.78 is 0. The third-order valence-corrected chi connectivity index (χ3v) is 4.74. The van der Waals surface area contributed by atoms with Crippen LogP contribution in [0, 0.1) is 27.2 Å². The number of hydrogen-bond donors (Lipinski definition) is 1. The lowest BCUT2D eigenvalue weighted by Crippen LogP contribution is -2.14. The average molecular weight is 399 g/mol. The van der Waals surface area contributed by atoms with Gasteiger partial charge in [0.15, 0.2) is 0 Å². The number of aromatic nitrogens is 2. The summed E-state index contributed by atoms with van der Waals surface area (Å²) in [5.74, 6) is -0.730. The Morgan fingerprint density at radius 2 is 1.82 bits per heavy atom. The van der Waals surface area contributed by atoms with Gasteiger partial charge < -0.3 is 0 Å². The minimum Gasteiger partial charge on any atom is -0.296 e. The molecule has 0 saturated carbocycles. The molecule has 0 aliphatic rings. The van der Waals surface area contributed by atoms with E-state index in [1.807, 2.05) is 30.3 Å². The number of nitrogens with one attached hydrogen (secondary N) is 1. The van der Waals surface area contributed by atoms with Crippen LogP contribution in [0.4, 0.5) is 16.5 Å². The minimum atomic E-state index is -0.786. The molecule has 1 N–H and O–H groups in total. The number of nitro benzene ring substituents is 2. The summed E-state index contributed by atoms with van der Waals surface area (Å²) in [6.45, 7) is 1.36. The first-order valence-electron chi connectivity index (χ1n) is 7.96. The average Bonchev–Trinajstić information content (AvgIpc) is 3.08. The number of hydrogen-bond acceptors (Lipinski definition) is 8. The Morgan fingerprint density at radius 3 is 2.46 bits per heavy atom. The van der Waals surface area contributed by atoms with E-state index in [1.54, 1.807) is 0 Å². The first-order chi connectivity index (χ1) is 13.3. The third-order valence-electron chi connectivity index (χ3n) is 3.90. The molecule has 11 heteroatoms. The molecule has 0 fully saturated rings. The number of nitrogens with zero attached hydrogens (tertiary/aromatic N) is 4. The van der Waals surface area contributed by atoms with Crippen molar-refractivity contribution in [1.29, 1.82) is 0 Å². The molecule has 3 rings (SSSR count). The molecule has 0 radical (unpaired) electrons. The smallest absolute Gasteiger partial charge is 0.279 e. The molecule has 0 bridgehead atoms. The Kier molecular flexibility index (Phi) is 5.36. The van der Waals surface area contributed by atoms with Crippen LogP contribution in [0.2, 0.25) is 0 Å². The number of carbonyl (C=O) groups excluding carboxylic acids is 1. The van der Waals surface area contributed by atoms with Crippen molar-refractivity contribution in [1.82, 2.24) is 10.2 Å². The van der Waals surface area contributed by atoms with Crippen molar-refractivity contribution < 1.29 is 14.6 Å². The highest BCUT2D eigenvalue weighted by Gasteiger charge is 2.25. The van der Waals surface area contributed by atoms with E-state index >= 15 is 0 Å². The lowest BCUT2D eigenvalue weighted by molar-refractivity contribution is -0.394. The molecule has 142 valence electrons. The van der Waals surface area contributed by atoms with Crippen molar-refractivity contribution in [2.45, 2.75) is 13.3 Å². The normalized spacial score (nSPS) is 10.5. The number of benzene rings is 2. The predicted octanol–water partition coefficient (Wildman–Crippen LogP) is 3.51. The molecule has 2 aromatic carbocycles. The summed E-state index contributed by atoms with van der Waals surface area (Å²) >= 11 is 1.16. The Labute approximate surface area is 162 Å². The maximum atomic E-state index is 12.5. The summed E-state index contributed by atoms with van der Waals surface area (Å²) in [5.41, 5.74) is -0.143. The molecule has 10 nitrogen and oxygen atoms in total. The zero-order valence-corrected chi connectivity index (χ0v) is 15.3. The lowest BCUT2D eigenvalue weighted by Gasteiger charge is -2.06. The van der Waals surface area contributed by atoms with Crippen molar-refractivity contribution in [3.8, 4) is 0 Å². The molecule has 0 aliphatic heterocycles. The maximum absolute atomic E-state index is 12.5. The van der Waals surface area contributed by atoms with Crippen LogP contribution in [0.25, 0.3) is 0 Å². The van der Waals surface area contributed by atoms with Gasteiger partial charge in [0.25, 0.3) is 17.3 Å². The summed E-state index contributed by atoms with van der Waals surface area (Å²) in [4.78, 5) is 33.2. The van der Waals surface area contributed by atoms with E-state index in [9.17, 15) is 25.0 Å². The van der Waals surface area contributed by atoms with Crippen LogP contribution < -0.4 is 5.32 Å². The molecule has 1 aromatic heterocycles. The highest BCUT2D eigenvalue weighted by molar-refractivity contribution is 7.15. The van der Waals surface area contributed by atoms with Crippen molar-refractivity contribution in [3.63, 3.8) is 0 Å². The Hall–Kier alpha value is -3.73. The molecule has 3 aromatic rings. The lowest BCUT2D eigenvalue weighted by atomic mass is 10.0. The van der Waals surface area contributed by atoms with E-state index in [4.69, 9.17) is 0 Å². The van der Waals surface area contributed by atoms with Crippen molar-refractivity contribution in [3.05, 3.63) is 84.4 Å². The molecular formula is C17H13N5O5S. The van der Waals surface area contributed by atoms with Gasteiger partial charge in [0.2, 0.25) is 5.13 Å². The second kappa shape index (κ2) is 7.88. The topological polar surface area (TPSA) is 141 Å². The quantitative estimate of drug-likeness (QED) is 0.494. The van der Waals surface area contributed by atoms with E-state index in [2.05, 4.69) is 15.5 Å². The monoisotopic (exact) mass is 399 g/mol. The summed E-state index contributed by atoms with van der Waals surface area (Å²) in [5, 5.41) is 33.4. The van der Waals surface area contributed by atoms with Crippen LogP contribution in [0.1, 0.15) is 26.5 Å². The largest absolute Gasteiger partial charge is 0.296 e. The fraction of sp³-hybridized carbons (Fsp3) is 0.118.